The van der Waals surface area contributed by atoms with Crippen LogP contribution in [-0.4, -0.2) is 43.0 Å². The summed E-state index contributed by atoms with van der Waals surface area (Å²) in [7, 11) is -3.11. The van der Waals surface area contributed by atoms with Crippen LogP contribution in [0.3, 0.4) is 0 Å². The molecule has 4 rings (SSSR count). The van der Waals surface area contributed by atoms with E-state index >= 15 is 0 Å². The summed E-state index contributed by atoms with van der Waals surface area (Å²) >= 11 is 7.52. The number of aliphatic imine (C=N–C) groups is 1. The molecule has 1 fully saturated rings. The van der Waals surface area contributed by atoms with Crippen molar-refractivity contribution in [2.75, 3.05) is 16.4 Å². The number of Topliss-reactive ketones (excluding diaryl/α,β-unsaturated/α-hetero) is 1. The molecule has 2 aromatic carbocycles. The summed E-state index contributed by atoms with van der Waals surface area (Å²) in [6, 6.07) is 14.5. The normalized spacial score (nSPS) is 22.8. The van der Waals surface area contributed by atoms with E-state index in [1.54, 1.807) is 17.8 Å². The van der Waals surface area contributed by atoms with E-state index in [-0.39, 0.29) is 29.4 Å². The summed E-state index contributed by atoms with van der Waals surface area (Å²) in [5, 5.41) is 1.48. The quantitative estimate of drug-likeness (QED) is 0.684. The maximum absolute atomic E-state index is 12.1. The van der Waals surface area contributed by atoms with Crippen molar-refractivity contribution in [3.63, 3.8) is 0 Å². The van der Waals surface area contributed by atoms with Crippen molar-refractivity contribution >= 4 is 49.8 Å². The van der Waals surface area contributed by atoms with E-state index in [2.05, 4.69) is 0 Å². The minimum absolute atomic E-state index is 0.0241. The Kier molecular flexibility index (Phi) is 5.24. The van der Waals surface area contributed by atoms with Gasteiger partial charge in [-0.3, -0.25) is 9.79 Å². The van der Waals surface area contributed by atoms with Crippen molar-refractivity contribution in [1.82, 2.24) is 0 Å². The minimum Gasteiger partial charge on any atom is -0.315 e. The summed E-state index contributed by atoms with van der Waals surface area (Å²) in [4.78, 5) is 18.5. The molecule has 1 saturated heterocycles. The molecule has 0 N–H and O–H groups in total. The first-order valence-electron chi connectivity index (χ1n) is 8.88. The molecule has 146 valence electrons. The number of hydrogen-bond acceptors (Lipinski definition) is 6. The molecule has 0 spiro atoms. The fourth-order valence-corrected chi connectivity index (χ4v) is 6.59. The second-order valence-corrected chi connectivity index (χ2v) is 10.5. The molecule has 2 atom stereocenters. The van der Waals surface area contributed by atoms with Crippen LogP contribution in [0.5, 0.6) is 0 Å². The zero-order valence-electron chi connectivity index (χ0n) is 15.2. The van der Waals surface area contributed by atoms with Gasteiger partial charge in [-0.05, 0) is 36.8 Å². The number of ketones is 1. The number of thioether (sulfide) groups is 1. The minimum atomic E-state index is -3.11. The highest BCUT2D eigenvalue weighted by atomic mass is 35.5. The number of carbonyl (C=O) groups excluding carboxylic acids is 1. The van der Waals surface area contributed by atoms with Gasteiger partial charge in [-0.2, -0.15) is 0 Å². The molecule has 2 heterocycles. The molecule has 2 aliphatic heterocycles. The Balaban J connectivity index is 1.64. The number of amidine groups is 1. The van der Waals surface area contributed by atoms with Gasteiger partial charge in [-0.1, -0.05) is 47.6 Å². The van der Waals surface area contributed by atoms with Crippen LogP contribution in [0.4, 0.5) is 5.69 Å². The van der Waals surface area contributed by atoms with Gasteiger partial charge >= 0.3 is 0 Å². The average molecular weight is 435 g/mol. The van der Waals surface area contributed by atoms with Crippen LogP contribution in [0.1, 0.15) is 22.8 Å². The monoisotopic (exact) mass is 434 g/mol. The smallest absolute Gasteiger partial charge is 0.164 e. The lowest BCUT2D eigenvalue weighted by molar-refractivity contribution is 0.101. The lowest BCUT2D eigenvalue weighted by atomic mass is 10.1. The van der Waals surface area contributed by atoms with Crippen molar-refractivity contribution < 1.29 is 13.2 Å². The third kappa shape index (κ3) is 3.97. The highest BCUT2D eigenvalue weighted by molar-refractivity contribution is 8.13. The Hall–Kier alpha value is -1.83. The summed E-state index contributed by atoms with van der Waals surface area (Å²) in [6.07, 6.45) is 0. The standard InChI is InChI=1S/C20H19ClN2O3S2/c1-13(24)15-3-2-4-17(9-15)23-19-12-28(25,26)11-18(19)22-20(23)27-10-14-5-7-16(21)8-6-14/h2-9,18-19H,10-12H2,1H3/t18-,19+/m1/s1. The van der Waals surface area contributed by atoms with Crippen LogP contribution in [0, 0.1) is 0 Å². The van der Waals surface area contributed by atoms with E-state index in [1.165, 1.54) is 6.92 Å². The van der Waals surface area contributed by atoms with Crippen molar-refractivity contribution in [2.45, 2.75) is 24.8 Å². The molecule has 0 aliphatic carbocycles. The first-order chi connectivity index (χ1) is 13.3. The van der Waals surface area contributed by atoms with Crippen molar-refractivity contribution in [2.24, 2.45) is 4.99 Å². The van der Waals surface area contributed by atoms with Crippen LogP contribution in [0.15, 0.2) is 53.5 Å². The van der Waals surface area contributed by atoms with Crippen molar-refractivity contribution in [1.29, 1.82) is 0 Å². The van der Waals surface area contributed by atoms with E-state index in [9.17, 15) is 13.2 Å². The number of halogens is 1. The lowest BCUT2D eigenvalue weighted by Crippen LogP contribution is -2.39. The van der Waals surface area contributed by atoms with E-state index in [0.29, 0.717) is 16.3 Å². The molecule has 2 aliphatic rings. The fourth-order valence-electron chi connectivity index (χ4n) is 3.54. The Morgan fingerprint density at radius 1 is 1.21 bits per heavy atom. The highest BCUT2D eigenvalue weighted by Gasteiger charge is 2.47. The van der Waals surface area contributed by atoms with Gasteiger partial charge in [-0.25, -0.2) is 8.42 Å². The van der Waals surface area contributed by atoms with E-state index in [0.717, 1.165) is 16.4 Å². The molecule has 0 unspecified atom stereocenters. The lowest BCUT2D eigenvalue weighted by Gasteiger charge is -2.26. The molecule has 8 heteroatoms. The van der Waals surface area contributed by atoms with Crippen LogP contribution >= 0.6 is 23.4 Å². The van der Waals surface area contributed by atoms with Gasteiger partial charge < -0.3 is 4.90 Å². The Morgan fingerprint density at radius 3 is 2.68 bits per heavy atom. The van der Waals surface area contributed by atoms with Gasteiger partial charge in [0.05, 0.1) is 23.6 Å². The zero-order valence-corrected chi connectivity index (χ0v) is 17.6. The second kappa shape index (κ2) is 7.54. The molecular formula is C20H19ClN2O3S2. The largest absolute Gasteiger partial charge is 0.315 e. The summed E-state index contributed by atoms with van der Waals surface area (Å²) in [5.74, 6) is 0.830. The number of nitrogens with zero attached hydrogens (tertiary/aromatic N) is 2. The van der Waals surface area contributed by atoms with Gasteiger partial charge in [0.15, 0.2) is 20.8 Å². The summed E-state index contributed by atoms with van der Waals surface area (Å²) < 4.78 is 24.3. The van der Waals surface area contributed by atoms with Crippen LogP contribution in [-0.2, 0) is 15.6 Å². The van der Waals surface area contributed by atoms with E-state index < -0.39 is 9.84 Å². The topological polar surface area (TPSA) is 66.8 Å². The van der Waals surface area contributed by atoms with Crippen molar-refractivity contribution in [3.05, 3.63) is 64.7 Å². The number of benzene rings is 2. The first kappa shape index (κ1) is 19.5. The number of sulfone groups is 1. The third-order valence-electron chi connectivity index (χ3n) is 4.92. The number of hydrogen-bond donors (Lipinski definition) is 0. The zero-order chi connectivity index (χ0) is 19.9. The summed E-state index contributed by atoms with van der Waals surface area (Å²) in [5.41, 5.74) is 2.52. The molecule has 0 bridgehead atoms. The number of fused-ring (bicyclic) bond motifs is 1. The predicted octanol–water partition coefficient (Wildman–Crippen LogP) is 3.82. The predicted molar refractivity (Wildman–Crippen MR) is 115 cm³/mol. The van der Waals surface area contributed by atoms with Crippen molar-refractivity contribution in [3.8, 4) is 0 Å². The molecule has 28 heavy (non-hydrogen) atoms. The fraction of sp³-hybridized carbons (Fsp3) is 0.300. The molecule has 0 aromatic heterocycles. The van der Waals surface area contributed by atoms with Gasteiger partial charge in [0.25, 0.3) is 0 Å². The maximum Gasteiger partial charge on any atom is 0.164 e. The van der Waals surface area contributed by atoms with Gasteiger partial charge in [-0.15, -0.1) is 0 Å². The third-order valence-corrected chi connectivity index (χ3v) is 7.91. The van der Waals surface area contributed by atoms with Gasteiger partial charge in [0.2, 0.25) is 0 Å². The highest BCUT2D eigenvalue weighted by Crippen LogP contribution is 2.36. The second-order valence-electron chi connectivity index (χ2n) is 7.01. The van der Waals surface area contributed by atoms with Gasteiger partial charge in [0, 0.05) is 22.0 Å². The summed E-state index contributed by atoms with van der Waals surface area (Å²) in [6.45, 7) is 1.52. The SMILES string of the molecule is CC(=O)c1cccc(N2C(SCc3ccc(Cl)cc3)=N[C@@H]3CS(=O)(=O)C[C@@H]32)c1. The average Bonchev–Trinajstić information content (AvgIpc) is 3.12. The maximum atomic E-state index is 12.1. The number of carbonyl (C=O) groups is 1. The number of anilines is 1. The molecule has 0 amide bonds. The molecule has 0 saturated carbocycles. The first-order valence-corrected chi connectivity index (χ1v) is 12.1. The number of rotatable bonds is 4. The molecule has 5 nitrogen and oxygen atoms in total. The Morgan fingerprint density at radius 2 is 1.96 bits per heavy atom. The van der Waals surface area contributed by atoms with E-state index in [4.69, 9.17) is 16.6 Å². The Bertz CT molecular complexity index is 1050. The Labute approximate surface area is 173 Å². The molecule has 2 aromatic rings. The van der Waals surface area contributed by atoms with Gasteiger partial charge in [0.1, 0.15) is 0 Å². The molecule has 0 radical (unpaired) electrons. The van der Waals surface area contributed by atoms with Crippen LogP contribution in [0.25, 0.3) is 0 Å². The van der Waals surface area contributed by atoms with Crippen LogP contribution in [0.2, 0.25) is 5.02 Å². The van der Waals surface area contributed by atoms with E-state index in [1.807, 2.05) is 47.4 Å². The van der Waals surface area contributed by atoms with Crippen LogP contribution < -0.4 is 4.90 Å². The molecular weight excluding hydrogens is 416 g/mol.